The highest BCUT2D eigenvalue weighted by molar-refractivity contribution is 6.39. The molecule has 2 amide bonds. The highest BCUT2D eigenvalue weighted by atomic mass is 16.6. The number of ketones is 3. The Balaban J connectivity index is 1.74. The summed E-state index contributed by atoms with van der Waals surface area (Å²) in [5, 5.41) is 75.7. The zero-order valence-electron chi connectivity index (χ0n) is 45.9. The number of nitrogens with zero attached hydrogens (tertiary/aromatic N) is 1. The molecule has 430 valence electrons. The van der Waals surface area contributed by atoms with Crippen LogP contribution in [0.2, 0.25) is 0 Å². The lowest BCUT2D eigenvalue weighted by molar-refractivity contribution is -0.266. The van der Waals surface area contributed by atoms with E-state index in [9.17, 15) is 64.5 Å². The molecule has 3 fully saturated rings. The van der Waals surface area contributed by atoms with Crippen LogP contribution in [0.5, 0.6) is 0 Å². The van der Waals surface area contributed by atoms with Crippen molar-refractivity contribution in [2.75, 3.05) is 27.4 Å². The molecule has 0 aromatic heterocycles. The van der Waals surface area contributed by atoms with E-state index in [2.05, 4.69) is 0 Å². The van der Waals surface area contributed by atoms with E-state index in [1.807, 2.05) is 19.9 Å². The first kappa shape index (κ1) is 64.5. The van der Waals surface area contributed by atoms with Gasteiger partial charge in [-0.3, -0.25) is 24.0 Å². The van der Waals surface area contributed by atoms with Gasteiger partial charge in [-0.15, -0.1) is 0 Å². The molecule has 9 N–H and O–H groups in total. The molecule has 76 heavy (non-hydrogen) atoms. The minimum Gasteiger partial charge on any atom is -0.460 e. The fourth-order valence-electron chi connectivity index (χ4n) is 10.9. The zero-order valence-corrected chi connectivity index (χ0v) is 45.9. The highest BCUT2D eigenvalue weighted by Gasteiger charge is 2.53. The summed E-state index contributed by atoms with van der Waals surface area (Å²) >= 11 is 0. The van der Waals surface area contributed by atoms with E-state index in [4.69, 9.17) is 29.4 Å². The second kappa shape index (κ2) is 29.8. The molecule has 2 saturated heterocycles. The summed E-state index contributed by atoms with van der Waals surface area (Å²) in [4.78, 5) is 84.0. The molecule has 2 bridgehead atoms. The van der Waals surface area contributed by atoms with Crippen LogP contribution < -0.4 is 5.73 Å². The van der Waals surface area contributed by atoms with Gasteiger partial charge in [-0.1, -0.05) is 71.1 Å². The fraction of sp³-hybridized carbons (Fsp3) is 0.750. The van der Waals surface area contributed by atoms with Gasteiger partial charge in [-0.05, 0) is 107 Å². The third-order valence-corrected chi connectivity index (χ3v) is 16.0. The molecule has 3 heterocycles. The first-order chi connectivity index (χ1) is 35.7. The van der Waals surface area contributed by atoms with Gasteiger partial charge in [0.1, 0.15) is 48.4 Å². The minimum absolute atomic E-state index is 0.0196. The van der Waals surface area contributed by atoms with Gasteiger partial charge < -0.3 is 70.1 Å². The molecule has 0 aromatic rings. The third-order valence-electron chi connectivity index (χ3n) is 16.0. The number of piperidine rings is 1. The van der Waals surface area contributed by atoms with Crippen molar-refractivity contribution in [2.45, 2.75) is 204 Å². The Bertz CT molecular complexity index is 2090. The highest BCUT2D eigenvalue weighted by Crippen LogP contribution is 2.38. The summed E-state index contributed by atoms with van der Waals surface area (Å²) in [7, 11) is 2.87. The smallest absolute Gasteiger partial charge is 0.329 e. The first-order valence-corrected chi connectivity index (χ1v) is 27.0. The number of Topliss-reactive ketones (excluding diaryl/α,β-unsaturated/α-hetero) is 3. The number of allylic oxidation sites excluding steroid dienone is 6. The van der Waals surface area contributed by atoms with Crippen LogP contribution in [0.25, 0.3) is 0 Å². The number of cyclic esters (lactones) is 1. The summed E-state index contributed by atoms with van der Waals surface area (Å²) < 4.78 is 29.6. The van der Waals surface area contributed by atoms with E-state index in [1.54, 1.807) is 65.0 Å². The number of nitrogens with two attached hydrogens (primary N) is 1. The summed E-state index contributed by atoms with van der Waals surface area (Å²) in [6.45, 7) is 11.4. The van der Waals surface area contributed by atoms with Gasteiger partial charge in [0.05, 0.1) is 31.0 Å². The van der Waals surface area contributed by atoms with Crippen LogP contribution in [-0.2, 0) is 52.5 Å². The van der Waals surface area contributed by atoms with E-state index >= 15 is 0 Å². The third kappa shape index (κ3) is 17.2. The molecule has 0 spiro atoms. The number of amides is 2. The summed E-state index contributed by atoms with van der Waals surface area (Å²) in [6.07, 6.45) is -0.546. The van der Waals surface area contributed by atoms with Gasteiger partial charge in [-0.2, -0.15) is 0 Å². The SMILES string of the molecule is CO[C@@H]1C[C@H](C[C@@H](C)[C@@H]2CC(=O)[C@H](C)/C=C(\C)[C@@H](O)[C@@H](OC)C(=O)[C@H](C)C[C@H](C)/C=C/C=C/C=C(\C)C(OC[C@H](O)[C@H](O)[C@@H](O)[C@@H](O)C(N)=O)C[C@@H]3CC[C@@H](C)[C@@](O)(O3)C(=O)C(=O)N3CCCC[C@H]3C(=O)O2)CC[C@H]1O. The van der Waals surface area contributed by atoms with Gasteiger partial charge in [0.15, 0.2) is 11.9 Å². The molecule has 0 aromatic carbocycles. The standard InChI is InChI=1S/C56H88N2O18/c1-30-15-11-10-12-16-31(2)43(74-29-42(61)48(64)49(65)50(66)53(57)68)27-38-20-18-36(7)56(71,76-38)52(67)54(69)58-22-14-13-17-39(58)55(70)75-44(33(4)25-37-19-21-40(59)45(26-37)72-8)28-41(60)32(3)24-35(6)47(63)51(73-9)46(62)34(5)23-30/h10-12,15-16,24,30,32-34,36-40,42-45,47-51,59,61,63-66,71H,13-14,17-23,25-29H2,1-9H3,(H2,57,68)/b12-10+,15-11+,31-16+,35-24+/t30-,32-,33-,34-,36-,37+,38+,39+,40-,42+,43?,44+,45-,47-,48+,49-,50-,51+,56-/m1/s1. The Hall–Kier alpha value is -4.06. The maximum atomic E-state index is 14.5. The molecule has 4 rings (SSSR count). The zero-order chi connectivity index (χ0) is 56.8. The number of ether oxygens (including phenoxy) is 5. The molecule has 0 radical (unpaired) electrons. The monoisotopic (exact) mass is 1080 g/mol. The number of hydrogen-bond donors (Lipinski definition) is 8. The first-order valence-electron chi connectivity index (χ1n) is 27.0. The van der Waals surface area contributed by atoms with Crippen molar-refractivity contribution in [1.82, 2.24) is 4.90 Å². The maximum Gasteiger partial charge on any atom is 0.329 e. The van der Waals surface area contributed by atoms with Crippen LogP contribution in [0.4, 0.5) is 0 Å². The van der Waals surface area contributed by atoms with Crippen LogP contribution in [0.3, 0.4) is 0 Å². The quantitative estimate of drug-likeness (QED) is 0.0791. The van der Waals surface area contributed by atoms with E-state index in [-0.39, 0.29) is 62.1 Å². The van der Waals surface area contributed by atoms with Gasteiger partial charge in [-0.25, -0.2) is 4.79 Å². The second-order valence-electron chi connectivity index (χ2n) is 22.1. The largest absolute Gasteiger partial charge is 0.460 e. The molecule has 1 unspecified atom stereocenters. The average molecular weight is 1080 g/mol. The van der Waals surface area contributed by atoms with Crippen LogP contribution >= 0.6 is 0 Å². The lowest BCUT2D eigenvalue weighted by Crippen LogP contribution is -2.61. The van der Waals surface area contributed by atoms with Crippen molar-refractivity contribution in [3.8, 4) is 0 Å². The van der Waals surface area contributed by atoms with Crippen LogP contribution in [0.15, 0.2) is 47.6 Å². The predicted octanol–water partition coefficient (Wildman–Crippen LogP) is 2.48. The van der Waals surface area contributed by atoms with Gasteiger partial charge >= 0.3 is 5.97 Å². The molecular weight excluding hydrogens is 989 g/mol. The summed E-state index contributed by atoms with van der Waals surface area (Å²) in [6, 6.07) is -1.26. The Kier molecular flexibility index (Phi) is 25.3. The number of carbonyl (C=O) groups is 6. The van der Waals surface area contributed by atoms with Crippen molar-refractivity contribution in [2.24, 2.45) is 41.2 Å². The Morgan fingerprint density at radius 1 is 0.868 bits per heavy atom. The van der Waals surface area contributed by atoms with E-state index in [1.165, 1.54) is 14.2 Å². The molecule has 19 atom stereocenters. The van der Waals surface area contributed by atoms with Gasteiger partial charge in [0.25, 0.3) is 11.7 Å². The van der Waals surface area contributed by atoms with Crippen LogP contribution in [-0.4, -0.2) is 182 Å². The average Bonchev–Trinajstić information content (AvgIpc) is 3.39. The fourth-order valence-corrected chi connectivity index (χ4v) is 10.9. The van der Waals surface area contributed by atoms with Crippen molar-refractivity contribution in [1.29, 1.82) is 0 Å². The number of rotatable bonds is 12. The Morgan fingerprint density at radius 2 is 1.57 bits per heavy atom. The lowest BCUT2D eigenvalue weighted by atomic mass is 9.78. The number of methoxy groups -OCH3 is 2. The Morgan fingerprint density at radius 3 is 2.22 bits per heavy atom. The number of aliphatic hydroxyl groups is 7. The number of hydrogen-bond acceptors (Lipinski definition) is 18. The summed E-state index contributed by atoms with van der Waals surface area (Å²) in [5.74, 6) is -10.6. The van der Waals surface area contributed by atoms with E-state index in [0.29, 0.717) is 56.1 Å². The van der Waals surface area contributed by atoms with Crippen molar-refractivity contribution < 1.29 is 88.2 Å². The summed E-state index contributed by atoms with van der Waals surface area (Å²) in [5.41, 5.74) is 5.94. The van der Waals surface area contributed by atoms with Gasteiger partial charge in [0.2, 0.25) is 11.7 Å². The molecule has 1 saturated carbocycles. The second-order valence-corrected chi connectivity index (χ2v) is 22.1. The van der Waals surface area contributed by atoms with Crippen molar-refractivity contribution in [3.05, 3.63) is 47.6 Å². The molecular formula is C56H88N2O18. The number of aliphatic hydroxyl groups excluding tert-OH is 6. The maximum absolute atomic E-state index is 14.5. The van der Waals surface area contributed by atoms with Crippen LogP contribution in [0.1, 0.15) is 126 Å². The number of carbonyl (C=O) groups excluding carboxylic acids is 6. The Labute approximate surface area is 447 Å². The predicted molar refractivity (Wildman–Crippen MR) is 277 cm³/mol. The molecule has 20 heteroatoms. The van der Waals surface area contributed by atoms with E-state index in [0.717, 1.165) is 4.90 Å². The van der Waals surface area contributed by atoms with Crippen LogP contribution in [0, 0.1) is 35.5 Å². The number of primary amides is 1. The topological polar surface area (TPSA) is 319 Å². The molecule has 4 aliphatic rings. The van der Waals surface area contributed by atoms with E-state index < -0.39 is 133 Å². The van der Waals surface area contributed by atoms with Crippen molar-refractivity contribution in [3.63, 3.8) is 0 Å². The number of fused-ring (bicyclic) bond motifs is 3. The normalized spacial score (nSPS) is 38.0. The van der Waals surface area contributed by atoms with Crippen molar-refractivity contribution >= 4 is 35.1 Å². The lowest BCUT2D eigenvalue weighted by Gasteiger charge is -2.43. The molecule has 1 aliphatic carbocycles. The number of esters is 1. The minimum atomic E-state index is -2.65. The molecule has 20 nitrogen and oxygen atoms in total. The molecule has 3 aliphatic heterocycles. The van der Waals surface area contributed by atoms with Gasteiger partial charge in [0, 0.05) is 51.4 Å².